The fraction of sp³-hybridized carbons (Fsp3) is 0.391. The van der Waals surface area contributed by atoms with E-state index in [-0.39, 0.29) is 25.4 Å². The lowest BCUT2D eigenvalue weighted by Crippen LogP contribution is -2.44. The summed E-state index contributed by atoms with van der Waals surface area (Å²) in [4.78, 5) is 20.2. The van der Waals surface area contributed by atoms with Gasteiger partial charge in [0, 0.05) is 6.04 Å². The number of aliphatic hydroxyl groups excluding tert-OH is 2. The zero-order chi connectivity index (χ0) is 24.3. The van der Waals surface area contributed by atoms with Crippen molar-refractivity contribution in [3.8, 4) is 0 Å². The van der Waals surface area contributed by atoms with Crippen LogP contribution in [0.15, 0.2) is 53.8 Å². The molecule has 2 aromatic heterocycles. The van der Waals surface area contributed by atoms with Crippen LogP contribution < -0.4 is 11.5 Å². The van der Waals surface area contributed by atoms with Crippen molar-refractivity contribution in [1.82, 2.24) is 14.6 Å². The number of nitrogen functional groups attached to an aromatic ring is 1. The number of hydrogen-bond donors (Lipinski definition) is 4. The number of rotatable bonds is 9. The van der Waals surface area contributed by atoms with Gasteiger partial charge in [0.15, 0.2) is 11.4 Å². The van der Waals surface area contributed by atoms with E-state index in [9.17, 15) is 15.0 Å². The van der Waals surface area contributed by atoms with Crippen LogP contribution in [-0.4, -0.2) is 75.0 Å². The van der Waals surface area contributed by atoms with E-state index in [0.29, 0.717) is 17.6 Å². The molecule has 3 aromatic rings. The first-order chi connectivity index (χ1) is 16.4. The third-order valence-corrected chi connectivity index (χ3v) is 5.98. The second-order valence-electron chi connectivity index (χ2n) is 8.36. The second kappa shape index (κ2) is 9.85. The van der Waals surface area contributed by atoms with Crippen molar-refractivity contribution >= 4 is 24.0 Å². The molecule has 6 N–H and O–H groups in total. The Morgan fingerprint density at radius 3 is 2.79 bits per heavy atom. The van der Waals surface area contributed by atoms with Gasteiger partial charge in [-0.25, -0.2) is 9.50 Å². The highest BCUT2D eigenvalue weighted by atomic mass is 16.6. The lowest BCUT2D eigenvalue weighted by Gasteiger charge is -2.30. The first-order valence-electron chi connectivity index (χ1n) is 10.9. The highest BCUT2D eigenvalue weighted by Gasteiger charge is 2.56. The van der Waals surface area contributed by atoms with Crippen LogP contribution in [0.25, 0.3) is 5.52 Å². The Morgan fingerprint density at radius 2 is 2.06 bits per heavy atom. The molecule has 0 spiro atoms. The third-order valence-electron chi connectivity index (χ3n) is 5.98. The Bertz CT molecular complexity index is 1160. The van der Waals surface area contributed by atoms with Gasteiger partial charge in [0.25, 0.3) is 0 Å². The van der Waals surface area contributed by atoms with Crippen molar-refractivity contribution in [1.29, 1.82) is 0 Å². The van der Waals surface area contributed by atoms with Crippen molar-refractivity contribution in [3.63, 3.8) is 0 Å². The minimum absolute atomic E-state index is 0.000837. The van der Waals surface area contributed by atoms with E-state index in [2.05, 4.69) is 21.8 Å². The summed E-state index contributed by atoms with van der Waals surface area (Å²) in [6.07, 6.45) is -1.95. The van der Waals surface area contributed by atoms with Crippen LogP contribution >= 0.6 is 0 Å². The van der Waals surface area contributed by atoms with Crippen LogP contribution in [0.4, 0.5) is 5.82 Å². The van der Waals surface area contributed by atoms with Crippen LogP contribution in [-0.2, 0) is 26.3 Å². The van der Waals surface area contributed by atoms with Crippen molar-refractivity contribution in [3.05, 3.63) is 60.0 Å². The number of nitrogens with zero attached hydrogens (tertiary/aromatic N) is 4. The number of carbonyl (C=O) groups excluding carboxylic acids is 1. The predicted molar refractivity (Wildman–Crippen MR) is 124 cm³/mol. The lowest BCUT2D eigenvalue weighted by molar-refractivity contribution is -0.152. The van der Waals surface area contributed by atoms with Crippen LogP contribution in [0.2, 0.25) is 0 Å². The van der Waals surface area contributed by atoms with Gasteiger partial charge in [0.1, 0.15) is 36.8 Å². The van der Waals surface area contributed by atoms with E-state index in [1.165, 1.54) is 10.8 Å². The number of nitrogens with two attached hydrogens (primary N) is 2. The molecule has 11 heteroatoms. The summed E-state index contributed by atoms with van der Waals surface area (Å²) >= 11 is 0. The van der Waals surface area contributed by atoms with Gasteiger partial charge in [-0.15, -0.1) is 0 Å². The number of aromatic nitrogens is 3. The molecule has 5 atom stereocenters. The molecular weight excluding hydrogens is 440 g/mol. The Kier molecular flexibility index (Phi) is 6.89. The number of benzene rings is 1. The maximum absolute atomic E-state index is 12.4. The van der Waals surface area contributed by atoms with Crippen LogP contribution in [0.5, 0.6) is 0 Å². The molecule has 0 saturated carbocycles. The fourth-order valence-electron chi connectivity index (χ4n) is 4.32. The molecule has 4 rings (SSSR count). The topological polar surface area (TPSA) is 171 Å². The number of ether oxygens (including phenoxy) is 2. The minimum atomic E-state index is -1.48. The standard InChI is InChI=1S/C23H28N6O5/c1-26-12-23(18-8-7-16-22(25)27-13-28-29(16)18)21(32)20(31)17(34-23)11-33-19(30)10-15(24)9-14-5-3-2-4-6-14/h2-8,13,15,17,20-21,31-32H,1,9-12,24H2,(H2,25,27,28)/t15-,17+,20+,21+,23-/m0/s1. The highest BCUT2D eigenvalue weighted by molar-refractivity contribution is 5.70. The normalized spacial score (nSPS) is 25.3. The van der Waals surface area contributed by atoms with Crippen molar-refractivity contribution in [2.45, 2.75) is 42.8 Å². The molecule has 1 aliphatic heterocycles. The van der Waals surface area contributed by atoms with Gasteiger partial charge in [-0.2, -0.15) is 5.10 Å². The first kappa shape index (κ1) is 23.8. The molecule has 1 fully saturated rings. The number of fused-ring (bicyclic) bond motifs is 1. The van der Waals surface area contributed by atoms with E-state index in [1.54, 1.807) is 12.1 Å². The summed E-state index contributed by atoms with van der Waals surface area (Å²) in [7, 11) is 0. The molecule has 1 aliphatic rings. The molecule has 180 valence electrons. The fourth-order valence-corrected chi connectivity index (χ4v) is 4.32. The molecule has 11 nitrogen and oxygen atoms in total. The monoisotopic (exact) mass is 468 g/mol. The van der Waals surface area contributed by atoms with E-state index in [1.807, 2.05) is 30.3 Å². The van der Waals surface area contributed by atoms with Crippen LogP contribution in [0.3, 0.4) is 0 Å². The number of esters is 1. The average Bonchev–Trinajstić information content (AvgIpc) is 3.35. The number of carbonyl (C=O) groups is 1. The van der Waals surface area contributed by atoms with Crippen LogP contribution in [0.1, 0.15) is 17.7 Å². The van der Waals surface area contributed by atoms with Gasteiger partial charge in [0.05, 0.1) is 18.7 Å². The highest BCUT2D eigenvalue weighted by Crippen LogP contribution is 2.41. The predicted octanol–water partition coefficient (Wildman–Crippen LogP) is -0.169. The van der Waals surface area contributed by atoms with Crippen molar-refractivity contribution in [2.75, 3.05) is 18.9 Å². The molecule has 0 aliphatic carbocycles. The molecule has 1 saturated heterocycles. The third kappa shape index (κ3) is 4.50. The number of aliphatic imine (C=N–C) groups is 1. The van der Waals surface area contributed by atoms with Gasteiger partial charge >= 0.3 is 5.97 Å². The second-order valence-corrected chi connectivity index (χ2v) is 8.36. The lowest BCUT2D eigenvalue weighted by atomic mass is 9.91. The minimum Gasteiger partial charge on any atom is -0.463 e. The Morgan fingerprint density at radius 1 is 1.29 bits per heavy atom. The van der Waals surface area contributed by atoms with E-state index >= 15 is 0 Å². The zero-order valence-electron chi connectivity index (χ0n) is 18.5. The number of hydrogen-bond acceptors (Lipinski definition) is 10. The van der Waals surface area contributed by atoms with Gasteiger partial charge in [-0.3, -0.25) is 9.79 Å². The van der Waals surface area contributed by atoms with Gasteiger partial charge < -0.3 is 31.2 Å². The molecule has 1 aromatic carbocycles. The Hall–Kier alpha value is -3.38. The molecule has 0 amide bonds. The quantitative estimate of drug-likeness (QED) is 0.246. The molecule has 0 bridgehead atoms. The smallest absolute Gasteiger partial charge is 0.307 e. The average molecular weight is 469 g/mol. The first-order valence-corrected chi connectivity index (χ1v) is 10.9. The molecule has 3 heterocycles. The van der Waals surface area contributed by atoms with Gasteiger partial charge in [-0.05, 0) is 30.8 Å². The van der Waals surface area contributed by atoms with Crippen molar-refractivity contribution in [2.24, 2.45) is 10.7 Å². The van der Waals surface area contributed by atoms with E-state index in [4.69, 9.17) is 20.9 Å². The van der Waals surface area contributed by atoms with Gasteiger partial charge in [-0.1, -0.05) is 30.3 Å². The zero-order valence-corrected chi connectivity index (χ0v) is 18.5. The molecule has 0 radical (unpaired) electrons. The van der Waals surface area contributed by atoms with E-state index < -0.39 is 35.9 Å². The Balaban J connectivity index is 1.45. The summed E-state index contributed by atoms with van der Waals surface area (Å²) < 4.78 is 12.9. The number of aliphatic hydroxyl groups is 2. The van der Waals surface area contributed by atoms with Gasteiger partial charge in [0.2, 0.25) is 0 Å². The Labute approximate surface area is 196 Å². The summed E-state index contributed by atoms with van der Waals surface area (Å²) in [6.45, 7) is 3.17. The molecular formula is C23H28N6O5. The van der Waals surface area contributed by atoms with E-state index in [0.717, 1.165) is 5.56 Å². The maximum Gasteiger partial charge on any atom is 0.307 e. The molecule has 34 heavy (non-hydrogen) atoms. The largest absolute Gasteiger partial charge is 0.463 e. The SMILES string of the molecule is C=NC[C@@]1(c2ccc3c(N)ncnn23)O[C@H](COC(=O)C[C@@H](N)Cc2ccccc2)[C@@H](O)[C@H]1O. The maximum atomic E-state index is 12.4. The summed E-state index contributed by atoms with van der Waals surface area (Å²) in [5.41, 5.74) is 12.5. The number of anilines is 1. The van der Waals surface area contributed by atoms with Crippen molar-refractivity contribution < 1.29 is 24.5 Å². The summed E-state index contributed by atoms with van der Waals surface area (Å²) in [5.74, 6) is -0.282. The summed E-state index contributed by atoms with van der Waals surface area (Å²) in [6, 6.07) is 12.5. The molecule has 0 unspecified atom stereocenters. The summed E-state index contributed by atoms with van der Waals surface area (Å²) in [5, 5.41) is 25.9. The van der Waals surface area contributed by atoms with Crippen LogP contribution in [0, 0.1) is 0 Å².